The summed E-state index contributed by atoms with van der Waals surface area (Å²) in [4.78, 5) is 2.54. The van der Waals surface area contributed by atoms with Gasteiger partial charge in [0.1, 0.15) is 0 Å². The highest BCUT2D eigenvalue weighted by molar-refractivity contribution is 4.93. The third kappa shape index (κ3) is 1.71. The van der Waals surface area contributed by atoms with Crippen LogP contribution in [0, 0.1) is 5.92 Å². The van der Waals surface area contributed by atoms with Gasteiger partial charge < -0.3 is 14.4 Å². The second kappa shape index (κ2) is 3.72. The number of hydrogen-bond acceptors (Lipinski definition) is 3. The Morgan fingerprint density at radius 3 is 2.80 bits per heavy atom. The van der Waals surface area contributed by atoms with E-state index in [1.165, 1.54) is 25.8 Å². The van der Waals surface area contributed by atoms with E-state index in [-0.39, 0.29) is 5.79 Å². The quantitative estimate of drug-likeness (QED) is 0.608. The summed E-state index contributed by atoms with van der Waals surface area (Å²) < 4.78 is 11.6. The van der Waals surface area contributed by atoms with E-state index in [0.717, 1.165) is 38.0 Å². The zero-order chi connectivity index (χ0) is 10.3. The van der Waals surface area contributed by atoms with Gasteiger partial charge in [0.15, 0.2) is 5.79 Å². The molecule has 0 radical (unpaired) electrons. The Balaban J connectivity index is 1.72. The summed E-state index contributed by atoms with van der Waals surface area (Å²) in [5.74, 6) is 0.620. The molecule has 3 aliphatic rings. The predicted octanol–water partition coefficient (Wildman–Crippen LogP) is 1.62. The van der Waals surface area contributed by atoms with Crippen LogP contribution in [0.5, 0.6) is 0 Å². The zero-order valence-corrected chi connectivity index (χ0v) is 9.58. The molecule has 0 amide bonds. The Morgan fingerprint density at radius 2 is 2.00 bits per heavy atom. The first-order chi connectivity index (χ1) is 7.29. The Morgan fingerprint density at radius 1 is 1.20 bits per heavy atom. The van der Waals surface area contributed by atoms with Crippen molar-refractivity contribution in [2.45, 2.75) is 43.9 Å². The molecule has 0 aromatic rings. The van der Waals surface area contributed by atoms with Crippen LogP contribution in [0.1, 0.15) is 32.1 Å². The van der Waals surface area contributed by atoms with E-state index < -0.39 is 0 Å². The molecule has 0 bridgehead atoms. The summed E-state index contributed by atoms with van der Waals surface area (Å²) in [5, 5.41) is 0. The second-order valence-corrected chi connectivity index (χ2v) is 5.30. The van der Waals surface area contributed by atoms with Crippen molar-refractivity contribution in [1.29, 1.82) is 0 Å². The number of hydrogen-bond donors (Lipinski definition) is 0. The summed E-state index contributed by atoms with van der Waals surface area (Å²) in [6.07, 6.45) is 6.18. The van der Waals surface area contributed by atoms with Crippen molar-refractivity contribution in [2.24, 2.45) is 5.92 Å². The molecule has 3 nitrogen and oxygen atoms in total. The lowest BCUT2D eigenvalue weighted by molar-refractivity contribution is -0.199. The van der Waals surface area contributed by atoms with Crippen LogP contribution in [0.2, 0.25) is 0 Å². The van der Waals surface area contributed by atoms with Crippen LogP contribution in [0.25, 0.3) is 0 Å². The Hall–Kier alpha value is -0.120. The maximum atomic E-state index is 5.82. The molecule has 2 saturated heterocycles. The third-order valence-corrected chi connectivity index (χ3v) is 4.40. The minimum atomic E-state index is -0.181. The fourth-order valence-electron chi connectivity index (χ4n) is 3.64. The van der Waals surface area contributed by atoms with Gasteiger partial charge >= 0.3 is 0 Å². The summed E-state index contributed by atoms with van der Waals surface area (Å²) in [6.45, 7) is 2.87. The van der Waals surface area contributed by atoms with Crippen molar-refractivity contribution in [3.05, 3.63) is 0 Å². The molecular formula is C12H21NO2. The molecule has 0 aromatic heterocycles. The van der Waals surface area contributed by atoms with Gasteiger partial charge in [0.25, 0.3) is 0 Å². The van der Waals surface area contributed by atoms with Gasteiger partial charge in [-0.2, -0.15) is 0 Å². The predicted molar refractivity (Wildman–Crippen MR) is 57.6 cm³/mol. The fourth-order valence-corrected chi connectivity index (χ4v) is 3.64. The normalized spacial score (nSPS) is 40.6. The molecule has 3 fully saturated rings. The van der Waals surface area contributed by atoms with Crippen molar-refractivity contribution in [3.63, 3.8) is 0 Å². The average Bonchev–Trinajstić information content (AvgIpc) is 2.66. The van der Waals surface area contributed by atoms with Gasteiger partial charge in [0.05, 0.1) is 13.2 Å². The lowest BCUT2D eigenvalue weighted by Crippen LogP contribution is -2.51. The van der Waals surface area contributed by atoms with E-state index in [1.54, 1.807) is 0 Å². The maximum absolute atomic E-state index is 5.82. The SMILES string of the molecule is CN1CCCC2CC3(CCC21)OCCO3. The minimum Gasteiger partial charge on any atom is -0.348 e. The van der Waals surface area contributed by atoms with Gasteiger partial charge in [-0.25, -0.2) is 0 Å². The summed E-state index contributed by atoms with van der Waals surface area (Å²) in [6, 6.07) is 0.789. The van der Waals surface area contributed by atoms with E-state index in [2.05, 4.69) is 11.9 Å². The molecule has 15 heavy (non-hydrogen) atoms. The topological polar surface area (TPSA) is 21.7 Å². The average molecular weight is 211 g/mol. The number of rotatable bonds is 0. The molecule has 0 N–H and O–H groups in total. The van der Waals surface area contributed by atoms with E-state index in [9.17, 15) is 0 Å². The molecule has 0 aromatic carbocycles. The molecule has 1 spiro atoms. The van der Waals surface area contributed by atoms with Crippen LogP contribution in [0.15, 0.2) is 0 Å². The molecule has 2 aliphatic heterocycles. The van der Waals surface area contributed by atoms with Gasteiger partial charge in [0.2, 0.25) is 0 Å². The van der Waals surface area contributed by atoms with Gasteiger partial charge in [-0.15, -0.1) is 0 Å². The van der Waals surface area contributed by atoms with E-state index in [4.69, 9.17) is 9.47 Å². The number of likely N-dealkylation sites (tertiary alicyclic amines) is 1. The third-order valence-electron chi connectivity index (χ3n) is 4.40. The lowest BCUT2D eigenvalue weighted by Gasteiger charge is -2.47. The van der Waals surface area contributed by atoms with Crippen LogP contribution in [-0.2, 0) is 9.47 Å². The molecule has 2 atom stereocenters. The van der Waals surface area contributed by atoms with Crippen LogP contribution in [0.4, 0.5) is 0 Å². The maximum Gasteiger partial charge on any atom is 0.168 e. The molecule has 3 rings (SSSR count). The number of ether oxygens (including phenoxy) is 2. The molecule has 1 aliphatic carbocycles. The van der Waals surface area contributed by atoms with Gasteiger partial charge in [-0.1, -0.05) is 0 Å². The van der Waals surface area contributed by atoms with Crippen molar-refractivity contribution < 1.29 is 9.47 Å². The monoisotopic (exact) mass is 211 g/mol. The molecule has 3 heteroatoms. The number of nitrogens with zero attached hydrogens (tertiary/aromatic N) is 1. The Labute approximate surface area is 91.7 Å². The highest BCUT2D eigenvalue weighted by atomic mass is 16.7. The molecular weight excluding hydrogens is 190 g/mol. The van der Waals surface area contributed by atoms with Gasteiger partial charge in [-0.05, 0) is 38.8 Å². The Bertz CT molecular complexity index is 238. The summed E-state index contributed by atoms with van der Waals surface area (Å²) in [7, 11) is 2.27. The highest BCUT2D eigenvalue weighted by Crippen LogP contribution is 2.43. The zero-order valence-electron chi connectivity index (χ0n) is 9.58. The standard InChI is InChI=1S/C12H21NO2/c1-13-6-2-3-10-9-12(5-4-11(10)13)14-7-8-15-12/h10-11H,2-9H2,1H3. The first kappa shape index (κ1) is 10.1. The Kier molecular flexibility index (Phi) is 2.49. The van der Waals surface area contributed by atoms with Gasteiger partial charge in [0, 0.05) is 18.9 Å². The fraction of sp³-hybridized carbons (Fsp3) is 1.00. The van der Waals surface area contributed by atoms with Crippen LogP contribution in [-0.4, -0.2) is 43.5 Å². The first-order valence-corrected chi connectivity index (χ1v) is 6.27. The van der Waals surface area contributed by atoms with E-state index >= 15 is 0 Å². The van der Waals surface area contributed by atoms with Crippen LogP contribution in [0.3, 0.4) is 0 Å². The first-order valence-electron chi connectivity index (χ1n) is 6.27. The second-order valence-electron chi connectivity index (χ2n) is 5.30. The smallest absolute Gasteiger partial charge is 0.168 e. The van der Waals surface area contributed by atoms with Crippen LogP contribution >= 0.6 is 0 Å². The summed E-state index contributed by atoms with van der Waals surface area (Å²) >= 11 is 0. The van der Waals surface area contributed by atoms with Crippen LogP contribution < -0.4 is 0 Å². The lowest BCUT2D eigenvalue weighted by atomic mass is 9.75. The molecule has 2 unspecified atom stereocenters. The minimum absolute atomic E-state index is 0.181. The molecule has 86 valence electrons. The number of piperidine rings is 1. The van der Waals surface area contributed by atoms with E-state index in [0.29, 0.717) is 0 Å². The highest BCUT2D eigenvalue weighted by Gasteiger charge is 2.46. The summed E-state index contributed by atoms with van der Waals surface area (Å²) in [5.41, 5.74) is 0. The van der Waals surface area contributed by atoms with E-state index in [1.807, 2.05) is 0 Å². The molecule has 1 saturated carbocycles. The number of fused-ring (bicyclic) bond motifs is 1. The van der Waals surface area contributed by atoms with Crippen molar-refractivity contribution >= 4 is 0 Å². The largest absolute Gasteiger partial charge is 0.348 e. The van der Waals surface area contributed by atoms with Crippen molar-refractivity contribution in [1.82, 2.24) is 4.90 Å². The van der Waals surface area contributed by atoms with Gasteiger partial charge in [-0.3, -0.25) is 0 Å². The van der Waals surface area contributed by atoms with Crippen molar-refractivity contribution in [2.75, 3.05) is 26.8 Å². The van der Waals surface area contributed by atoms with Crippen molar-refractivity contribution in [3.8, 4) is 0 Å². The molecule has 2 heterocycles.